The number of amides is 1. The second-order valence-electron chi connectivity index (χ2n) is 7.29. The van der Waals surface area contributed by atoms with E-state index in [1.54, 1.807) is 12.3 Å². The minimum absolute atomic E-state index is 0.0834. The van der Waals surface area contributed by atoms with E-state index in [1.807, 2.05) is 26.2 Å². The van der Waals surface area contributed by atoms with Gasteiger partial charge in [0, 0.05) is 31.2 Å². The number of aromatic hydroxyl groups is 1. The van der Waals surface area contributed by atoms with Crippen LogP contribution in [0, 0.1) is 0 Å². The Balaban J connectivity index is 1.55. The van der Waals surface area contributed by atoms with Gasteiger partial charge in [0.15, 0.2) is 0 Å². The number of phenols is 1. The second-order valence-corrected chi connectivity index (χ2v) is 7.29. The minimum Gasteiger partial charge on any atom is -0.506 e. The van der Waals surface area contributed by atoms with E-state index < -0.39 is 0 Å². The molecule has 0 saturated carbocycles. The maximum Gasteiger partial charge on any atom is 0.234 e. The lowest BCUT2D eigenvalue weighted by molar-refractivity contribution is -0.122. The molecule has 6 nitrogen and oxygen atoms in total. The molecule has 1 aromatic carbocycles. The Hall–Kier alpha value is -2.44. The van der Waals surface area contributed by atoms with Crippen LogP contribution in [0.1, 0.15) is 18.4 Å². The van der Waals surface area contributed by atoms with E-state index in [1.165, 1.54) is 5.57 Å². The van der Waals surface area contributed by atoms with E-state index in [4.69, 9.17) is 0 Å². The molecule has 3 rings (SSSR count). The van der Waals surface area contributed by atoms with E-state index in [2.05, 4.69) is 32.2 Å². The monoisotopic (exact) mass is 368 g/mol. The van der Waals surface area contributed by atoms with Crippen LogP contribution in [0.25, 0.3) is 16.5 Å². The van der Waals surface area contributed by atoms with Gasteiger partial charge < -0.3 is 15.3 Å². The molecule has 2 aromatic rings. The van der Waals surface area contributed by atoms with E-state index >= 15 is 0 Å². The van der Waals surface area contributed by atoms with Gasteiger partial charge in [-0.05, 0) is 62.8 Å². The lowest BCUT2D eigenvalue weighted by Crippen LogP contribution is -2.39. The molecule has 1 aliphatic rings. The summed E-state index contributed by atoms with van der Waals surface area (Å²) in [6.07, 6.45) is 5.66. The van der Waals surface area contributed by atoms with Gasteiger partial charge in [0.1, 0.15) is 11.3 Å². The third-order valence-corrected chi connectivity index (χ3v) is 4.82. The van der Waals surface area contributed by atoms with Crippen molar-refractivity contribution in [2.75, 3.05) is 46.8 Å². The molecule has 0 fully saturated rings. The van der Waals surface area contributed by atoms with Gasteiger partial charge in [-0.1, -0.05) is 12.1 Å². The first-order valence-corrected chi connectivity index (χ1v) is 9.44. The van der Waals surface area contributed by atoms with Gasteiger partial charge in [0.25, 0.3) is 0 Å². The van der Waals surface area contributed by atoms with Crippen molar-refractivity contribution in [2.24, 2.45) is 0 Å². The van der Waals surface area contributed by atoms with Crippen LogP contribution in [0.2, 0.25) is 0 Å². The lowest BCUT2D eigenvalue weighted by atomic mass is 9.97. The zero-order valence-corrected chi connectivity index (χ0v) is 16.1. The zero-order valence-electron chi connectivity index (χ0n) is 16.1. The van der Waals surface area contributed by atoms with E-state index in [-0.39, 0.29) is 11.7 Å². The molecule has 0 unspecified atom stereocenters. The summed E-state index contributed by atoms with van der Waals surface area (Å²) in [5.41, 5.74) is 2.87. The number of fused-ring (bicyclic) bond motifs is 1. The SMILES string of the molecule is CN(C)CCCNC(=O)CN1CC=C(c2cc(O)c3ncccc3c2)CC1. The van der Waals surface area contributed by atoms with Gasteiger partial charge in [0.05, 0.1) is 6.54 Å². The highest BCUT2D eigenvalue weighted by Gasteiger charge is 2.16. The second kappa shape index (κ2) is 8.97. The maximum absolute atomic E-state index is 12.1. The first kappa shape index (κ1) is 19.3. The van der Waals surface area contributed by atoms with Crippen molar-refractivity contribution in [3.8, 4) is 5.75 Å². The molecular formula is C21H28N4O2. The standard InChI is InChI=1S/C21H28N4O2/c1-24(2)10-4-9-22-20(27)15-25-11-6-16(7-12-25)18-13-17-5-3-8-23-21(17)19(26)14-18/h3,5-6,8,13-14,26H,4,7,9-12,15H2,1-2H3,(H,22,27). The van der Waals surface area contributed by atoms with Gasteiger partial charge >= 0.3 is 0 Å². The fraction of sp³-hybridized carbons (Fsp3) is 0.429. The Morgan fingerprint density at radius 1 is 1.37 bits per heavy atom. The normalized spacial score (nSPS) is 15.1. The summed E-state index contributed by atoms with van der Waals surface area (Å²) in [7, 11) is 4.07. The Bertz CT molecular complexity index is 832. The van der Waals surface area contributed by atoms with E-state index in [0.717, 1.165) is 50.0 Å². The van der Waals surface area contributed by atoms with Crippen LogP contribution in [0.4, 0.5) is 0 Å². The summed E-state index contributed by atoms with van der Waals surface area (Å²) in [4.78, 5) is 20.6. The molecule has 6 heteroatoms. The van der Waals surface area contributed by atoms with Crippen molar-refractivity contribution in [3.63, 3.8) is 0 Å². The number of benzene rings is 1. The number of carbonyl (C=O) groups is 1. The average molecular weight is 368 g/mol. The summed E-state index contributed by atoms with van der Waals surface area (Å²) < 4.78 is 0. The molecule has 27 heavy (non-hydrogen) atoms. The smallest absolute Gasteiger partial charge is 0.234 e. The van der Waals surface area contributed by atoms with Gasteiger partial charge in [0.2, 0.25) is 5.91 Å². The molecule has 0 spiro atoms. The largest absolute Gasteiger partial charge is 0.506 e. The molecule has 1 aromatic heterocycles. The van der Waals surface area contributed by atoms with Gasteiger partial charge in [-0.15, -0.1) is 0 Å². The maximum atomic E-state index is 12.1. The van der Waals surface area contributed by atoms with Crippen molar-refractivity contribution in [1.82, 2.24) is 20.1 Å². The predicted molar refractivity (Wildman–Crippen MR) is 109 cm³/mol. The number of aromatic nitrogens is 1. The third-order valence-electron chi connectivity index (χ3n) is 4.82. The van der Waals surface area contributed by atoms with Crippen LogP contribution in [0.15, 0.2) is 36.5 Å². The van der Waals surface area contributed by atoms with Crippen LogP contribution in [0.5, 0.6) is 5.75 Å². The Kier molecular flexibility index (Phi) is 6.42. The summed E-state index contributed by atoms with van der Waals surface area (Å²) in [5, 5.41) is 14.2. The summed E-state index contributed by atoms with van der Waals surface area (Å²) >= 11 is 0. The first-order chi connectivity index (χ1) is 13.0. The summed E-state index contributed by atoms with van der Waals surface area (Å²) in [6, 6.07) is 7.69. The Labute approximate surface area is 160 Å². The summed E-state index contributed by atoms with van der Waals surface area (Å²) in [6.45, 7) is 3.70. The molecule has 0 aliphatic carbocycles. The van der Waals surface area contributed by atoms with E-state index in [9.17, 15) is 9.90 Å². The number of nitrogens with zero attached hydrogens (tertiary/aromatic N) is 3. The Morgan fingerprint density at radius 3 is 2.96 bits per heavy atom. The first-order valence-electron chi connectivity index (χ1n) is 9.44. The molecule has 0 atom stereocenters. The van der Waals surface area contributed by atoms with Crippen molar-refractivity contribution in [2.45, 2.75) is 12.8 Å². The van der Waals surface area contributed by atoms with Crippen molar-refractivity contribution < 1.29 is 9.90 Å². The lowest BCUT2D eigenvalue weighted by Gasteiger charge is -2.26. The minimum atomic E-state index is 0.0834. The van der Waals surface area contributed by atoms with Gasteiger partial charge in [-0.3, -0.25) is 14.7 Å². The van der Waals surface area contributed by atoms with Crippen LogP contribution in [0.3, 0.4) is 0 Å². The topological polar surface area (TPSA) is 68.7 Å². The fourth-order valence-electron chi connectivity index (χ4n) is 3.36. The average Bonchev–Trinajstić information content (AvgIpc) is 2.66. The molecule has 1 amide bonds. The van der Waals surface area contributed by atoms with Crippen molar-refractivity contribution in [1.29, 1.82) is 0 Å². The number of nitrogens with one attached hydrogen (secondary N) is 1. The molecule has 144 valence electrons. The molecule has 2 heterocycles. The molecule has 0 saturated heterocycles. The fourth-order valence-corrected chi connectivity index (χ4v) is 3.36. The number of phenolic OH excluding ortho intramolecular Hbond substituents is 1. The number of hydrogen-bond acceptors (Lipinski definition) is 5. The molecule has 0 bridgehead atoms. The van der Waals surface area contributed by atoms with Gasteiger partial charge in [-0.2, -0.15) is 0 Å². The molecular weight excluding hydrogens is 340 g/mol. The van der Waals surface area contributed by atoms with Crippen LogP contribution in [-0.4, -0.2) is 72.6 Å². The summed E-state index contributed by atoms with van der Waals surface area (Å²) in [5.74, 6) is 0.295. The highest BCUT2D eigenvalue weighted by molar-refractivity contribution is 5.88. The number of rotatable bonds is 7. The highest BCUT2D eigenvalue weighted by Crippen LogP contribution is 2.30. The van der Waals surface area contributed by atoms with Gasteiger partial charge in [-0.25, -0.2) is 0 Å². The zero-order chi connectivity index (χ0) is 19.2. The highest BCUT2D eigenvalue weighted by atomic mass is 16.3. The Morgan fingerprint density at radius 2 is 2.22 bits per heavy atom. The number of carbonyl (C=O) groups excluding carboxylic acids is 1. The van der Waals surface area contributed by atoms with E-state index in [0.29, 0.717) is 12.1 Å². The molecule has 2 N–H and O–H groups in total. The van der Waals surface area contributed by atoms with Crippen LogP contribution >= 0.6 is 0 Å². The molecule has 0 radical (unpaired) electrons. The third kappa shape index (κ3) is 5.28. The van der Waals surface area contributed by atoms with Crippen molar-refractivity contribution >= 4 is 22.4 Å². The number of pyridine rings is 1. The van der Waals surface area contributed by atoms with Crippen LogP contribution < -0.4 is 5.32 Å². The van der Waals surface area contributed by atoms with Crippen LogP contribution in [-0.2, 0) is 4.79 Å². The number of hydrogen-bond donors (Lipinski definition) is 2. The van der Waals surface area contributed by atoms with Crippen molar-refractivity contribution in [3.05, 3.63) is 42.1 Å². The quantitative estimate of drug-likeness (QED) is 0.733. The molecule has 1 aliphatic heterocycles. The predicted octanol–water partition coefficient (Wildman–Crippen LogP) is 2.10.